The van der Waals surface area contributed by atoms with Crippen LogP contribution in [0.3, 0.4) is 0 Å². The van der Waals surface area contributed by atoms with Crippen LogP contribution in [0.15, 0.2) is 42.5 Å². The van der Waals surface area contributed by atoms with Gasteiger partial charge in [0.2, 0.25) is 0 Å². The predicted molar refractivity (Wildman–Crippen MR) is 97.8 cm³/mol. The van der Waals surface area contributed by atoms with Crippen LogP contribution in [-0.4, -0.2) is 36.2 Å². The highest BCUT2D eigenvalue weighted by Gasteiger charge is 2.13. The molecular formula is C19H20N4O2. The number of carboxylic acid groups (broad SMARTS) is 1. The molecule has 25 heavy (non-hydrogen) atoms. The Bertz CT molecular complexity index is 820. The summed E-state index contributed by atoms with van der Waals surface area (Å²) in [6.07, 6.45) is 1.86. The number of nitriles is 1. The molecule has 0 radical (unpaired) electrons. The van der Waals surface area contributed by atoms with E-state index in [2.05, 4.69) is 11.1 Å². The van der Waals surface area contributed by atoms with E-state index in [4.69, 9.17) is 10.8 Å². The molecule has 6 heteroatoms. The van der Waals surface area contributed by atoms with Crippen molar-refractivity contribution in [1.29, 1.82) is 5.26 Å². The van der Waals surface area contributed by atoms with Gasteiger partial charge in [0, 0.05) is 31.9 Å². The zero-order valence-electron chi connectivity index (χ0n) is 14.2. The van der Waals surface area contributed by atoms with Crippen LogP contribution in [0.4, 0.5) is 5.69 Å². The topological polar surface area (TPSA) is 103 Å². The minimum absolute atomic E-state index is 0.111. The average Bonchev–Trinajstić information content (AvgIpc) is 2.60. The quantitative estimate of drug-likeness (QED) is 0.784. The molecule has 2 aromatic rings. The molecule has 0 aliphatic heterocycles. The summed E-state index contributed by atoms with van der Waals surface area (Å²) in [6, 6.07) is 14.1. The number of pyridine rings is 1. The van der Waals surface area contributed by atoms with Crippen molar-refractivity contribution >= 4 is 23.3 Å². The van der Waals surface area contributed by atoms with Crippen molar-refractivity contribution in [2.45, 2.75) is 12.5 Å². The largest absolute Gasteiger partial charge is 0.480 e. The van der Waals surface area contributed by atoms with Gasteiger partial charge in [0.15, 0.2) is 0 Å². The molecule has 0 amide bonds. The fourth-order valence-electron chi connectivity index (χ4n) is 2.25. The van der Waals surface area contributed by atoms with Gasteiger partial charge in [0.05, 0.1) is 11.3 Å². The van der Waals surface area contributed by atoms with E-state index in [9.17, 15) is 10.1 Å². The molecule has 0 saturated heterocycles. The standard InChI is InChI=1S/C19H20N4O2/c1-23(2)16-8-6-13(7-9-16)10-14(12-20)18-5-3-4-15(22-18)11-17(21)19(24)25/h3-10,17H,11,21H2,1-2H3,(H,24,25). The van der Waals surface area contributed by atoms with E-state index in [1.165, 1.54) is 0 Å². The smallest absolute Gasteiger partial charge is 0.320 e. The second-order valence-electron chi connectivity index (χ2n) is 5.82. The molecule has 1 heterocycles. The summed E-state index contributed by atoms with van der Waals surface area (Å²) in [5, 5.41) is 18.4. The number of hydrogen-bond donors (Lipinski definition) is 2. The molecule has 0 aliphatic rings. The Morgan fingerprint density at radius 3 is 2.56 bits per heavy atom. The number of benzene rings is 1. The maximum absolute atomic E-state index is 10.9. The molecule has 0 aliphatic carbocycles. The molecule has 6 nitrogen and oxygen atoms in total. The molecule has 2 rings (SSSR count). The monoisotopic (exact) mass is 336 g/mol. The van der Waals surface area contributed by atoms with Gasteiger partial charge in [-0.25, -0.2) is 0 Å². The van der Waals surface area contributed by atoms with Gasteiger partial charge in [-0.3, -0.25) is 9.78 Å². The minimum atomic E-state index is -1.08. The van der Waals surface area contributed by atoms with Gasteiger partial charge < -0.3 is 15.7 Å². The molecule has 1 unspecified atom stereocenters. The number of carboxylic acids is 1. The first kappa shape index (κ1) is 18.2. The number of aromatic nitrogens is 1. The number of nitrogens with two attached hydrogens (primary N) is 1. The number of rotatable bonds is 6. The summed E-state index contributed by atoms with van der Waals surface area (Å²) in [4.78, 5) is 17.2. The highest BCUT2D eigenvalue weighted by atomic mass is 16.4. The third kappa shape index (κ3) is 4.90. The Balaban J connectivity index is 2.28. The van der Waals surface area contributed by atoms with Gasteiger partial charge >= 0.3 is 5.97 Å². The van der Waals surface area contributed by atoms with Crippen molar-refractivity contribution in [2.75, 3.05) is 19.0 Å². The van der Waals surface area contributed by atoms with E-state index in [1.807, 2.05) is 43.3 Å². The zero-order valence-corrected chi connectivity index (χ0v) is 14.2. The molecular weight excluding hydrogens is 316 g/mol. The normalized spacial score (nSPS) is 12.3. The van der Waals surface area contributed by atoms with E-state index in [0.29, 0.717) is 17.0 Å². The van der Waals surface area contributed by atoms with Gasteiger partial charge in [-0.05, 0) is 35.9 Å². The van der Waals surface area contributed by atoms with Gasteiger partial charge in [0.1, 0.15) is 12.1 Å². The zero-order chi connectivity index (χ0) is 18.4. The van der Waals surface area contributed by atoms with Crippen LogP contribution >= 0.6 is 0 Å². The molecule has 0 fully saturated rings. The van der Waals surface area contributed by atoms with Gasteiger partial charge in [-0.15, -0.1) is 0 Å². The summed E-state index contributed by atoms with van der Waals surface area (Å²) >= 11 is 0. The lowest BCUT2D eigenvalue weighted by Gasteiger charge is -2.12. The van der Waals surface area contributed by atoms with Crippen LogP contribution in [0.2, 0.25) is 0 Å². The van der Waals surface area contributed by atoms with E-state index >= 15 is 0 Å². The van der Waals surface area contributed by atoms with E-state index in [0.717, 1.165) is 11.3 Å². The Labute approximate surface area is 146 Å². The predicted octanol–water partition coefficient (Wildman–Crippen LogP) is 2.17. The van der Waals surface area contributed by atoms with Crippen molar-refractivity contribution in [1.82, 2.24) is 4.98 Å². The van der Waals surface area contributed by atoms with Crippen LogP contribution in [0.1, 0.15) is 17.0 Å². The molecule has 0 saturated carbocycles. The van der Waals surface area contributed by atoms with Crippen LogP contribution in [0, 0.1) is 11.3 Å². The van der Waals surface area contributed by atoms with E-state index in [1.54, 1.807) is 24.3 Å². The number of carbonyl (C=O) groups is 1. The highest BCUT2D eigenvalue weighted by Crippen LogP contribution is 2.19. The lowest BCUT2D eigenvalue weighted by atomic mass is 10.1. The second-order valence-corrected chi connectivity index (χ2v) is 5.82. The molecule has 1 atom stereocenters. The van der Waals surface area contributed by atoms with Crippen LogP contribution in [-0.2, 0) is 11.2 Å². The average molecular weight is 336 g/mol. The molecule has 0 bridgehead atoms. The Morgan fingerprint density at radius 1 is 1.32 bits per heavy atom. The van der Waals surface area contributed by atoms with Crippen LogP contribution in [0.5, 0.6) is 0 Å². The fraction of sp³-hybridized carbons (Fsp3) is 0.211. The van der Waals surface area contributed by atoms with Crippen LogP contribution in [0.25, 0.3) is 11.6 Å². The lowest BCUT2D eigenvalue weighted by Crippen LogP contribution is -2.32. The van der Waals surface area contributed by atoms with Crippen molar-refractivity contribution in [3.63, 3.8) is 0 Å². The Hall–Kier alpha value is -3.17. The lowest BCUT2D eigenvalue weighted by molar-refractivity contribution is -0.138. The number of allylic oxidation sites excluding steroid dienone is 1. The number of anilines is 1. The van der Waals surface area contributed by atoms with Crippen molar-refractivity contribution < 1.29 is 9.90 Å². The summed E-state index contributed by atoms with van der Waals surface area (Å²) in [5.74, 6) is -1.08. The SMILES string of the molecule is CN(C)c1ccc(C=C(C#N)c2cccc(CC(N)C(=O)O)n2)cc1. The third-order valence-electron chi connectivity index (χ3n) is 3.67. The third-order valence-corrected chi connectivity index (χ3v) is 3.67. The molecule has 0 spiro atoms. The van der Waals surface area contributed by atoms with Gasteiger partial charge in [0.25, 0.3) is 0 Å². The fourth-order valence-corrected chi connectivity index (χ4v) is 2.25. The molecule has 1 aromatic carbocycles. The Kier molecular flexibility index (Phi) is 5.88. The van der Waals surface area contributed by atoms with E-state index in [-0.39, 0.29) is 6.42 Å². The molecule has 128 valence electrons. The number of hydrogen-bond acceptors (Lipinski definition) is 5. The molecule has 3 N–H and O–H groups in total. The Morgan fingerprint density at radius 2 is 2.00 bits per heavy atom. The second kappa shape index (κ2) is 8.08. The first-order chi connectivity index (χ1) is 11.9. The number of nitrogens with zero attached hydrogens (tertiary/aromatic N) is 3. The summed E-state index contributed by atoms with van der Waals surface area (Å²) in [5.41, 5.74) is 8.94. The minimum Gasteiger partial charge on any atom is -0.480 e. The molecule has 1 aromatic heterocycles. The maximum Gasteiger partial charge on any atom is 0.320 e. The first-order valence-corrected chi connectivity index (χ1v) is 7.74. The number of aliphatic carboxylic acids is 1. The maximum atomic E-state index is 10.9. The summed E-state index contributed by atoms with van der Waals surface area (Å²) in [6.45, 7) is 0. The summed E-state index contributed by atoms with van der Waals surface area (Å²) < 4.78 is 0. The van der Waals surface area contributed by atoms with Gasteiger partial charge in [-0.1, -0.05) is 18.2 Å². The van der Waals surface area contributed by atoms with Crippen molar-refractivity contribution in [2.24, 2.45) is 5.73 Å². The van der Waals surface area contributed by atoms with Crippen LogP contribution < -0.4 is 10.6 Å². The summed E-state index contributed by atoms with van der Waals surface area (Å²) in [7, 11) is 3.92. The van der Waals surface area contributed by atoms with Gasteiger partial charge in [-0.2, -0.15) is 5.26 Å². The van der Waals surface area contributed by atoms with E-state index < -0.39 is 12.0 Å². The van der Waals surface area contributed by atoms with Crippen molar-refractivity contribution in [3.8, 4) is 6.07 Å². The highest BCUT2D eigenvalue weighted by molar-refractivity contribution is 5.88. The van der Waals surface area contributed by atoms with Crippen molar-refractivity contribution in [3.05, 3.63) is 59.4 Å². The first-order valence-electron chi connectivity index (χ1n) is 7.74.